The molecule has 0 bridgehead atoms. The standard InChI is InChI=1S/C26H27N5O4/c1-17-14-22(29-31(17)21-7-3-2-4-8-21)25-28-24(30-35-25)19-11-9-18(10-12-19)23(32)16-34-26(33)20-6-5-13-27-15-20/h2-4,7-12,14,20,23,27,32H,5-6,13,15-16H2,1H3/t20?,23-/m1/s1. The molecule has 2 aromatic heterocycles. The zero-order valence-electron chi connectivity index (χ0n) is 19.4. The highest BCUT2D eigenvalue weighted by Crippen LogP contribution is 2.25. The minimum absolute atomic E-state index is 0.0789. The maximum atomic E-state index is 12.2. The molecule has 0 amide bonds. The van der Waals surface area contributed by atoms with Crippen LogP contribution in [0.2, 0.25) is 0 Å². The predicted octanol–water partition coefficient (Wildman–Crippen LogP) is 3.47. The van der Waals surface area contributed by atoms with Gasteiger partial charge in [-0.05, 0) is 50.1 Å². The molecule has 5 rings (SSSR count). The first kappa shape index (κ1) is 22.9. The van der Waals surface area contributed by atoms with Crippen LogP contribution in [0.25, 0.3) is 28.7 Å². The summed E-state index contributed by atoms with van der Waals surface area (Å²) in [5.41, 5.74) is 3.87. The van der Waals surface area contributed by atoms with E-state index < -0.39 is 6.10 Å². The Labute approximate surface area is 202 Å². The monoisotopic (exact) mass is 473 g/mol. The zero-order chi connectivity index (χ0) is 24.2. The van der Waals surface area contributed by atoms with Crippen molar-refractivity contribution in [3.8, 4) is 28.7 Å². The lowest BCUT2D eigenvalue weighted by Crippen LogP contribution is -2.35. The van der Waals surface area contributed by atoms with Crippen molar-refractivity contribution < 1.29 is 19.2 Å². The number of nitrogens with one attached hydrogen (secondary N) is 1. The van der Waals surface area contributed by atoms with Crippen LogP contribution in [0, 0.1) is 12.8 Å². The molecule has 9 nitrogen and oxygen atoms in total. The fraction of sp³-hybridized carbons (Fsp3) is 0.308. The smallest absolute Gasteiger partial charge is 0.310 e. The Hall–Kier alpha value is -3.82. The number of esters is 1. The molecule has 1 saturated heterocycles. The Morgan fingerprint density at radius 1 is 1.23 bits per heavy atom. The van der Waals surface area contributed by atoms with Crippen molar-refractivity contribution >= 4 is 5.97 Å². The molecule has 0 radical (unpaired) electrons. The molecular weight excluding hydrogens is 446 g/mol. The van der Waals surface area contributed by atoms with Gasteiger partial charge in [0.15, 0.2) is 5.69 Å². The van der Waals surface area contributed by atoms with E-state index in [4.69, 9.17) is 9.26 Å². The van der Waals surface area contributed by atoms with Crippen molar-refractivity contribution in [2.24, 2.45) is 5.92 Å². The van der Waals surface area contributed by atoms with E-state index in [1.165, 1.54) is 0 Å². The number of ether oxygens (including phenoxy) is 1. The summed E-state index contributed by atoms with van der Waals surface area (Å²) in [6, 6.07) is 18.9. The summed E-state index contributed by atoms with van der Waals surface area (Å²) in [4.78, 5) is 16.7. The van der Waals surface area contributed by atoms with Gasteiger partial charge in [0.2, 0.25) is 5.82 Å². The second-order valence-corrected chi connectivity index (χ2v) is 8.65. The van der Waals surface area contributed by atoms with E-state index in [-0.39, 0.29) is 18.5 Å². The van der Waals surface area contributed by atoms with Crippen molar-refractivity contribution in [2.45, 2.75) is 25.9 Å². The highest BCUT2D eigenvalue weighted by molar-refractivity contribution is 5.72. The number of aliphatic hydroxyl groups is 1. The molecule has 2 aromatic carbocycles. The predicted molar refractivity (Wildman–Crippen MR) is 129 cm³/mol. The Morgan fingerprint density at radius 2 is 2.03 bits per heavy atom. The van der Waals surface area contributed by atoms with Gasteiger partial charge in [0.1, 0.15) is 12.7 Å². The van der Waals surface area contributed by atoms with Gasteiger partial charge in [0, 0.05) is 17.8 Å². The summed E-state index contributed by atoms with van der Waals surface area (Å²) in [5, 5.41) is 22.3. The van der Waals surface area contributed by atoms with Crippen LogP contribution < -0.4 is 5.32 Å². The minimum atomic E-state index is -0.907. The first-order valence-electron chi connectivity index (χ1n) is 11.7. The number of piperidine rings is 1. The molecule has 0 spiro atoms. The third-order valence-corrected chi connectivity index (χ3v) is 6.10. The van der Waals surface area contributed by atoms with Gasteiger partial charge in [-0.2, -0.15) is 10.1 Å². The van der Waals surface area contributed by atoms with Gasteiger partial charge in [-0.15, -0.1) is 0 Å². The van der Waals surface area contributed by atoms with Crippen molar-refractivity contribution in [1.82, 2.24) is 25.2 Å². The van der Waals surface area contributed by atoms with Crippen LogP contribution in [0.5, 0.6) is 0 Å². The van der Waals surface area contributed by atoms with E-state index in [0.29, 0.717) is 29.5 Å². The average Bonchev–Trinajstić information content (AvgIpc) is 3.55. The zero-order valence-corrected chi connectivity index (χ0v) is 19.4. The number of rotatable bonds is 7. The Balaban J connectivity index is 1.23. The molecule has 2 atom stereocenters. The van der Waals surface area contributed by atoms with E-state index in [0.717, 1.165) is 36.3 Å². The normalized spacial score (nSPS) is 16.7. The molecule has 0 saturated carbocycles. The molecule has 180 valence electrons. The number of benzene rings is 2. The number of para-hydroxylation sites is 1. The van der Waals surface area contributed by atoms with Gasteiger partial charge in [-0.25, -0.2) is 4.68 Å². The molecule has 1 aliphatic heterocycles. The third-order valence-electron chi connectivity index (χ3n) is 6.10. The highest BCUT2D eigenvalue weighted by Gasteiger charge is 2.23. The molecular formula is C26H27N5O4. The topological polar surface area (TPSA) is 115 Å². The fourth-order valence-corrected chi connectivity index (χ4v) is 4.14. The summed E-state index contributed by atoms with van der Waals surface area (Å²) >= 11 is 0. The molecule has 1 aliphatic rings. The minimum Gasteiger partial charge on any atom is -0.462 e. The number of hydrogen-bond donors (Lipinski definition) is 2. The third kappa shape index (κ3) is 5.16. The van der Waals surface area contributed by atoms with Crippen molar-refractivity contribution in [1.29, 1.82) is 0 Å². The van der Waals surface area contributed by atoms with Gasteiger partial charge in [0.25, 0.3) is 5.89 Å². The lowest BCUT2D eigenvalue weighted by molar-refractivity contribution is -0.152. The average molecular weight is 474 g/mol. The van der Waals surface area contributed by atoms with Gasteiger partial charge < -0.3 is 19.7 Å². The molecule has 2 N–H and O–H groups in total. The first-order valence-corrected chi connectivity index (χ1v) is 11.7. The molecule has 4 aromatic rings. The summed E-state index contributed by atoms with van der Waals surface area (Å²) < 4.78 is 12.6. The number of nitrogens with zero attached hydrogens (tertiary/aromatic N) is 4. The first-order chi connectivity index (χ1) is 17.1. The van der Waals surface area contributed by atoms with E-state index in [1.54, 1.807) is 24.3 Å². The van der Waals surface area contributed by atoms with Crippen LogP contribution in [0.15, 0.2) is 65.2 Å². The number of aromatic nitrogens is 4. The molecule has 35 heavy (non-hydrogen) atoms. The van der Waals surface area contributed by atoms with E-state index >= 15 is 0 Å². The maximum absolute atomic E-state index is 12.2. The van der Waals surface area contributed by atoms with Crippen LogP contribution in [-0.2, 0) is 9.53 Å². The van der Waals surface area contributed by atoms with E-state index in [2.05, 4.69) is 20.6 Å². The van der Waals surface area contributed by atoms with E-state index in [9.17, 15) is 9.90 Å². The SMILES string of the molecule is Cc1cc(-c2nc(-c3ccc([C@H](O)COC(=O)C4CCCNC4)cc3)no2)nn1-c1ccccc1. The van der Waals surface area contributed by atoms with Crippen LogP contribution in [0.4, 0.5) is 0 Å². The van der Waals surface area contributed by atoms with Crippen molar-refractivity contribution in [2.75, 3.05) is 19.7 Å². The number of carbonyl (C=O) groups is 1. The van der Waals surface area contributed by atoms with Gasteiger partial charge in [-0.3, -0.25) is 4.79 Å². The lowest BCUT2D eigenvalue weighted by atomic mass is 10.00. The van der Waals surface area contributed by atoms with Crippen molar-refractivity contribution in [3.63, 3.8) is 0 Å². The van der Waals surface area contributed by atoms with Crippen molar-refractivity contribution in [3.05, 3.63) is 71.9 Å². The van der Waals surface area contributed by atoms with Crippen LogP contribution >= 0.6 is 0 Å². The van der Waals surface area contributed by atoms with Gasteiger partial charge in [-0.1, -0.05) is 47.6 Å². The number of carbonyl (C=O) groups excluding carboxylic acids is 1. The lowest BCUT2D eigenvalue weighted by Gasteiger charge is -2.22. The quantitative estimate of drug-likeness (QED) is 0.392. The summed E-state index contributed by atoms with van der Waals surface area (Å²) in [7, 11) is 0. The molecule has 1 fully saturated rings. The summed E-state index contributed by atoms with van der Waals surface area (Å²) in [5.74, 6) is 0.334. The second kappa shape index (κ2) is 10.2. The fourth-order valence-electron chi connectivity index (χ4n) is 4.14. The highest BCUT2D eigenvalue weighted by atomic mass is 16.5. The number of aryl methyl sites for hydroxylation is 1. The largest absolute Gasteiger partial charge is 0.462 e. The van der Waals surface area contributed by atoms with Gasteiger partial charge >= 0.3 is 5.97 Å². The van der Waals surface area contributed by atoms with Crippen LogP contribution in [0.1, 0.15) is 30.2 Å². The second-order valence-electron chi connectivity index (χ2n) is 8.65. The molecule has 1 unspecified atom stereocenters. The molecule has 9 heteroatoms. The summed E-state index contributed by atoms with van der Waals surface area (Å²) in [6.07, 6.45) is 0.862. The molecule has 3 heterocycles. The van der Waals surface area contributed by atoms with Gasteiger partial charge in [0.05, 0.1) is 11.6 Å². The number of aliphatic hydroxyl groups excluding tert-OH is 1. The Bertz CT molecular complexity index is 1280. The maximum Gasteiger partial charge on any atom is 0.310 e. The Morgan fingerprint density at radius 3 is 2.77 bits per heavy atom. The Kier molecular flexibility index (Phi) is 6.69. The molecule has 0 aliphatic carbocycles. The number of hydrogen-bond acceptors (Lipinski definition) is 8. The van der Waals surface area contributed by atoms with Crippen LogP contribution in [-0.4, -0.2) is 50.7 Å². The summed E-state index contributed by atoms with van der Waals surface area (Å²) in [6.45, 7) is 3.44. The van der Waals surface area contributed by atoms with Crippen LogP contribution in [0.3, 0.4) is 0 Å². The van der Waals surface area contributed by atoms with E-state index in [1.807, 2.05) is 48.0 Å².